The van der Waals surface area contributed by atoms with Gasteiger partial charge in [-0.1, -0.05) is 18.2 Å². The third kappa shape index (κ3) is 2.92. The van der Waals surface area contributed by atoms with Gasteiger partial charge in [0.25, 0.3) is 0 Å². The van der Waals surface area contributed by atoms with Crippen molar-refractivity contribution in [2.45, 2.75) is 12.8 Å². The largest absolute Gasteiger partial charge is 1.00 e. The quantitative estimate of drug-likeness (QED) is 0.597. The van der Waals surface area contributed by atoms with E-state index in [0.717, 1.165) is 23.5 Å². The third-order valence-electron chi connectivity index (χ3n) is 3.61. The summed E-state index contributed by atoms with van der Waals surface area (Å²) in [4.78, 5) is 0. The molecular formula is C12H20BrNO. The molecule has 0 amide bonds. The monoisotopic (exact) mass is 273 g/mol. The fourth-order valence-electron chi connectivity index (χ4n) is 2.63. The third-order valence-corrected chi connectivity index (χ3v) is 3.61. The van der Waals surface area contributed by atoms with Crippen molar-refractivity contribution in [3.05, 3.63) is 23.8 Å². The minimum atomic E-state index is 0. The number of aliphatic hydroxyl groups excluding tert-OH is 1. The summed E-state index contributed by atoms with van der Waals surface area (Å²) in [6.07, 6.45) is 9.25. The fourth-order valence-corrected chi connectivity index (χ4v) is 2.63. The Morgan fingerprint density at radius 2 is 2.33 bits per heavy atom. The molecule has 1 aliphatic heterocycles. The molecular weight excluding hydrogens is 254 g/mol. The van der Waals surface area contributed by atoms with Crippen LogP contribution in [0.25, 0.3) is 0 Å². The highest BCUT2D eigenvalue weighted by atomic mass is 79.9. The molecule has 2 nitrogen and oxygen atoms in total. The van der Waals surface area contributed by atoms with Crippen molar-refractivity contribution in [3.8, 4) is 0 Å². The molecule has 0 aromatic heterocycles. The maximum absolute atomic E-state index is 9.03. The van der Waals surface area contributed by atoms with Gasteiger partial charge < -0.3 is 26.6 Å². The van der Waals surface area contributed by atoms with E-state index in [4.69, 9.17) is 5.11 Å². The van der Waals surface area contributed by atoms with Gasteiger partial charge in [-0.05, 0) is 17.9 Å². The Kier molecular flexibility index (Phi) is 4.56. The standard InChI is InChI=1S/C12H20NO.BrH/c1-13(8-9-14)7-6-11-4-2-3-5-12(11)10-13;/h2-3,5,11,14H,4,6-10H2,1H3;1H/q+1;/p-1. The summed E-state index contributed by atoms with van der Waals surface area (Å²) >= 11 is 0. The van der Waals surface area contributed by atoms with Gasteiger partial charge in [-0.2, -0.15) is 0 Å². The van der Waals surface area contributed by atoms with Crippen LogP contribution in [0.4, 0.5) is 0 Å². The predicted octanol–water partition coefficient (Wildman–Crippen LogP) is -1.66. The Labute approximate surface area is 103 Å². The SMILES string of the molecule is C[N+]1(CCO)CCC2CC=CC=C2C1.[Br-]. The number of nitrogens with zero attached hydrogens (tertiary/aromatic N) is 1. The average Bonchev–Trinajstić information content (AvgIpc) is 2.17. The highest BCUT2D eigenvalue weighted by Crippen LogP contribution is 2.31. The molecule has 3 heteroatoms. The Balaban J connectivity index is 0.00000112. The van der Waals surface area contributed by atoms with Crippen LogP contribution in [-0.4, -0.2) is 42.9 Å². The number of aliphatic hydroxyl groups is 1. The molecule has 0 radical (unpaired) electrons. The first-order valence-corrected chi connectivity index (χ1v) is 5.53. The number of rotatable bonds is 2. The first-order valence-electron chi connectivity index (χ1n) is 5.53. The van der Waals surface area contributed by atoms with Crippen molar-refractivity contribution in [3.63, 3.8) is 0 Å². The van der Waals surface area contributed by atoms with Gasteiger partial charge >= 0.3 is 0 Å². The first-order chi connectivity index (χ1) is 6.73. The van der Waals surface area contributed by atoms with Crippen LogP contribution in [0.15, 0.2) is 23.8 Å². The van der Waals surface area contributed by atoms with Crippen LogP contribution in [0.3, 0.4) is 0 Å². The number of piperidine rings is 1. The molecule has 1 N–H and O–H groups in total. The minimum absolute atomic E-state index is 0. The second-order valence-electron chi connectivity index (χ2n) is 4.84. The molecule has 0 aromatic carbocycles. The number of allylic oxidation sites excluding steroid dienone is 3. The molecule has 1 fully saturated rings. The second kappa shape index (κ2) is 5.28. The Morgan fingerprint density at radius 3 is 3.07 bits per heavy atom. The molecule has 1 saturated heterocycles. The number of likely N-dealkylation sites (N-methyl/N-ethyl adjacent to an activating group) is 1. The van der Waals surface area contributed by atoms with Crippen LogP contribution in [0.2, 0.25) is 0 Å². The summed E-state index contributed by atoms with van der Waals surface area (Å²) in [6, 6.07) is 0. The molecule has 0 bridgehead atoms. The maximum atomic E-state index is 9.03. The van der Waals surface area contributed by atoms with E-state index in [-0.39, 0.29) is 17.0 Å². The van der Waals surface area contributed by atoms with Crippen molar-refractivity contribution in [1.82, 2.24) is 0 Å². The van der Waals surface area contributed by atoms with Gasteiger partial charge in [0.05, 0.1) is 20.2 Å². The fraction of sp³-hybridized carbons (Fsp3) is 0.667. The van der Waals surface area contributed by atoms with E-state index in [1.807, 2.05) is 0 Å². The summed E-state index contributed by atoms with van der Waals surface area (Å²) in [7, 11) is 2.26. The van der Waals surface area contributed by atoms with Gasteiger partial charge in [-0.15, -0.1) is 0 Å². The van der Waals surface area contributed by atoms with Crippen LogP contribution in [0, 0.1) is 5.92 Å². The lowest BCUT2D eigenvalue weighted by molar-refractivity contribution is -0.909. The van der Waals surface area contributed by atoms with Crippen LogP contribution in [-0.2, 0) is 0 Å². The van der Waals surface area contributed by atoms with Crippen molar-refractivity contribution in [2.75, 3.05) is 33.3 Å². The van der Waals surface area contributed by atoms with Gasteiger partial charge in [0.15, 0.2) is 0 Å². The van der Waals surface area contributed by atoms with Crippen LogP contribution in [0.5, 0.6) is 0 Å². The molecule has 1 aliphatic carbocycles. The number of hydrogen-bond acceptors (Lipinski definition) is 1. The topological polar surface area (TPSA) is 20.2 Å². The van der Waals surface area contributed by atoms with Crippen molar-refractivity contribution in [1.29, 1.82) is 0 Å². The molecule has 2 unspecified atom stereocenters. The first kappa shape index (κ1) is 12.9. The summed E-state index contributed by atoms with van der Waals surface area (Å²) in [5.41, 5.74) is 1.59. The Hall–Kier alpha value is -0.120. The Bertz CT molecular complexity index is 275. The minimum Gasteiger partial charge on any atom is -1.00 e. The molecule has 86 valence electrons. The van der Waals surface area contributed by atoms with Gasteiger partial charge in [0.1, 0.15) is 13.1 Å². The lowest BCUT2D eigenvalue weighted by Gasteiger charge is -2.42. The molecule has 2 atom stereocenters. The van der Waals surface area contributed by atoms with Crippen molar-refractivity contribution >= 4 is 0 Å². The zero-order valence-electron chi connectivity index (χ0n) is 9.32. The van der Waals surface area contributed by atoms with Gasteiger partial charge in [0, 0.05) is 6.42 Å². The van der Waals surface area contributed by atoms with E-state index in [9.17, 15) is 0 Å². The highest BCUT2D eigenvalue weighted by Gasteiger charge is 2.32. The highest BCUT2D eigenvalue weighted by molar-refractivity contribution is 5.22. The maximum Gasteiger partial charge on any atom is 0.102 e. The van der Waals surface area contributed by atoms with Gasteiger partial charge in [-0.25, -0.2) is 0 Å². The van der Waals surface area contributed by atoms with E-state index < -0.39 is 0 Å². The predicted molar refractivity (Wildman–Crippen MR) is 57.8 cm³/mol. The zero-order chi connectivity index (χ0) is 10.0. The average molecular weight is 274 g/mol. The van der Waals surface area contributed by atoms with Gasteiger partial charge in [0.2, 0.25) is 0 Å². The van der Waals surface area contributed by atoms with E-state index in [2.05, 4.69) is 25.3 Å². The summed E-state index contributed by atoms with van der Waals surface area (Å²) in [5, 5.41) is 9.03. The van der Waals surface area contributed by atoms with Gasteiger partial charge in [-0.3, -0.25) is 0 Å². The molecule has 0 saturated carbocycles. The molecule has 0 aromatic rings. The number of likely N-dealkylation sites (tertiary alicyclic amines) is 1. The van der Waals surface area contributed by atoms with Crippen LogP contribution in [0.1, 0.15) is 12.8 Å². The second-order valence-corrected chi connectivity index (χ2v) is 4.84. The number of halogens is 1. The summed E-state index contributed by atoms with van der Waals surface area (Å²) in [5.74, 6) is 0.796. The van der Waals surface area contributed by atoms with Crippen LogP contribution < -0.4 is 17.0 Å². The molecule has 0 spiro atoms. The number of fused-ring (bicyclic) bond motifs is 1. The lowest BCUT2D eigenvalue weighted by atomic mass is 9.84. The smallest absolute Gasteiger partial charge is 0.102 e. The summed E-state index contributed by atoms with van der Waals surface area (Å²) < 4.78 is 1.02. The van der Waals surface area contributed by atoms with E-state index in [1.54, 1.807) is 5.57 Å². The van der Waals surface area contributed by atoms with Crippen LogP contribution >= 0.6 is 0 Å². The normalized spacial score (nSPS) is 34.0. The summed E-state index contributed by atoms with van der Waals surface area (Å²) in [6.45, 7) is 3.56. The lowest BCUT2D eigenvalue weighted by Crippen LogP contribution is -3.00. The molecule has 2 rings (SSSR count). The van der Waals surface area contributed by atoms with E-state index >= 15 is 0 Å². The zero-order valence-corrected chi connectivity index (χ0v) is 10.9. The number of hydrogen-bond donors (Lipinski definition) is 1. The van der Waals surface area contributed by atoms with E-state index in [0.29, 0.717) is 6.61 Å². The van der Waals surface area contributed by atoms with Crippen molar-refractivity contribution < 1.29 is 26.6 Å². The molecule has 1 heterocycles. The molecule has 15 heavy (non-hydrogen) atoms. The van der Waals surface area contributed by atoms with E-state index in [1.165, 1.54) is 19.4 Å². The molecule has 2 aliphatic rings. The van der Waals surface area contributed by atoms with Crippen molar-refractivity contribution in [2.24, 2.45) is 5.92 Å². The Morgan fingerprint density at radius 1 is 1.53 bits per heavy atom. The number of quaternary nitrogens is 1.